The van der Waals surface area contributed by atoms with Gasteiger partial charge in [-0.15, -0.1) is 11.3 Å². The fourth-order valence-electron chi connectivity index (χ4n) is 8.32. The van der Waals surface area contributed by atoms with Gasteiger partial charge in [0.15, 0.2) is 5.78 Å². The number of aromatic nitrogens is 1. The van der Waals surface area contributed by atoms with Crippen molar-refractivity contribution in [1.29, 1.82) is 0 Å². The topological polar surface area (TPSA) is 119 Å². The molecule has 13 heteroatoms. The molecule has 0 saturated carbocycles. The standard InChI is InChI=1S/C18H25NO3.C18H25NO2S.C17H22N2O2S/c1-13-8-5-6-9-14(13)12-16(20)15-10-7-11-19(15)17(21)22-18(2,3)4;1-13-8-5-6-9-14(13)12-16(22)15-10-7-11-19(15)17(20)21-18(2,3)4;1-11-7-5-9-13-14(11)18-15(22-13)12-8-6-10-19(12)16(20)21-17(2,3)4/h2*5-6,8-9,15H,7,10-12H2,1-4H3;5,7,9,12H,6,8,10H2,1-4H3/t2*15-;12-/m000/s1. The molecule has 3 aliphatic rings. The fourth-order valence-corrected chi connectivity index (χ4v) is 9.91. The van der Waals surface area contributed by atoms with Crippen molar-refractivity contribution in [2.75, 3.05) is 19.6 Å². The minimum absolute atomic E-state index is 0.0180. The Hall–Kier alpha value is -4.88. The Bertz CT molecular complexity index is 2240. The van der Waals surface area contributed by atoms with Crippen molar-refractivity contribution in [2.24, 2.45) is 0 Å². The van der Waals surface area contributed by atoms with Crippen LogP contribution in [-0.2, 0) is 31.8 Å². The number of rotatable bonds is 7. The van der Waals surface area contributed by atoms with Crippen LogP contribution in [0.3, 0.4) is 0 Å². The van der Waals surface area contributed by atoms with E-state index in [1.807, 2.05) is 111 Å². The summed E-state index contributed by atoms with van der Waals surface area (Å²) in [4.78, 5) is 60.5. The minimum Gasteiger partial charge on any atom is -0.444 e. The zero-order valence-electron chi connectivity index (χ0n) is 41.3. The molecule has 66 heavy (non-hydrogen) atoms. The van der Waals surface area contributed by atoms with Gasteiger partial charge in [0.25, 0.3) is 0 Å². The highest BCUT2D eigenvalue weighted by atomic mass is 32.1. The van der Waals surface area contributed by atoms with E-state index in [2.05, 4.69) is 44.2 Å². The summed E-state index contributed by atoms with van der Waals surface area (Å²) < 4.78 is 17.6. The van der Waals surface area contributed by atoms with E-state index in [0.29, 0.717) is 13.0 Å². The van der Waals surface area contributed by atoms with Crippen LogP contribution in [0.15, 0.2) is 66.7 Å². The number of Topliss-reactive ketones (excluding diaryl/α,β-unsaturated/α-hetero) is 1. The van der Waals surface area contributed by atoms with Gasteiger partial charge in [-0.1, -0.05) is 72.9 Å². The van der Waals surface area contributed by atoms with Crippen molar-refractivity contribution < 1.29 is 33.4 Å². The van der Waals surface area contributed by atoms with Crippen LogP contribution in [0.1, 0.15) is 140 Å². The second kappa shape index (κ2) is 22.3. The number of carbonyl (C=O) groups excluding carboxylic acids is 4. The van der Waals surface area contributed by atoms with Gasteiger partial charge in [-0.3, -0.25) is 14.6 Å². The van der Waals surface area contributed by atoms with E-state index in [9.17, 15) is 19.2 Å². The molecule has 3 amide bonds. The van der Waals surface area contributed by atoms with Crippen molar-refractivity contribution >= 4 is 62.7 Å². The number of thiocarbonyl (C=S) groups is 1. The van der Waals surface area contributed by atoms with Crippen LogP contribution in [0, 0.1) is 20.8 Å². The molecule has 0 radical (unpaired) electrons. The SMILES string of the molecule is Cc1cccc2sc([C@@H]3CCCN3C(=O)OC(C)(C)C)nc12.Cc1ccccc1CC(=O)[C@@H]1CCCN1C(=O)OC(C)(C)C.Cc1ccccc1CC(=S)[C@@H]1CCCN1C(=O)OC(C)(C)C. The van der Waals surface area contributed by atoms with Gasteiger partial charge in [0.2, 0.25) is 0 Å². The van der Waals surface area contributed by atoms with E-state index in [-0.39, 0.29) is 42.2 Å². The van der Waals surface area contributed by atoms with Crippen LogP contribution in [-0.4, -0.2) is 97.1 Å². The summed E-state index contributed by atoms with van der Waals surface area (Å²) in [5.41, 5.74) is 5.39. The lowest BCUT2D eigenvalue weighted by molar-refractivity contribution is -0.122. The lowest BCUT2D eigenvalue weighted by Crippen LogP contribution is -2.43. The second-order valence-electron chi connectivity index (χ2n) is 20.6. The van der Waals surface area contributed by atoms with Gasteiger partial charge in [0.1, 0.15) is 21.8 Å². The van der Waals surface area contributed by atoms with Crippen molar-refractivity contribution in [1.82, 2.24) is 19.7 Å². The molecule has 1 aromatic heterocycles. The maximum absolute atomic E-state index is 12.6. The van der Waals surface area contributed by atoms with Crippen molar-refractivity contribution in [2.45, 2.75) is 169 Å². The lowest BCUT2D eigenvalue weighted by Gasteiger charge is -2.29. The van der Waals surface area contributed by atoms with E-state index >= 15 is 0 Å². The molecule has 0 aliphatic carbocycles. The number of ether oxygens (including phenoxy) is 3. The predicted molar refractivity (Wildman–Crippen MR) is 269 cm³/mol. The van der Waals surface area contributed by atoms with Crippen LogP contribution >= 0.6 is 23.6 Å². The second-order valence-corrected chi connectivity index (χ2v) is 22.2. The number of likely N-dealkylation sites (tertiary alicyclic amines) is 3. The quantitative estimate of drug-likeness (QED) is 0.132. The maximum atomic E-state index is 12.6. The molecule has 7 rings (SSSR count). The van der Waals surface area contributed by atoms with Crippen LogP contribution in [0.2, 0.25) is 0 Å². The summed E-state index contributed by atoms with van der Waals surface area (Å²) in [6.45, 7) is 25.1. The van der Waals surface area contributed by atoms with Crippen LogP contribution in [0.25, 0.3) is 10.2 Å². The first-order chi connectivity index (χ1) is 30.9. The highest BCUT2D eigenvalue weighted by Gasteiger charge is 2.38. The smallest absolute Gasteiger partial charge is 0.410 e. The Morgan fingerprint density at radius 1 is 0.591 bits per heavy atom. The lowest BCUT2D eigenvalue weighted by atomic mass is 9.99. The van der Waals surface area contributed by atoms with Gasteiger partial charge < -0.3 is 19.1 Å². The van der Waals surface area contributed by atoms with Crippen molar-refractivity contribution in [3.05, 3.63) is 99.6 Å². The minimum atomic E-state index is -0.538. The Labute approximate surface area is 402 Å². The number of carbonyl (C=O) groups is 4. The molecule has 4 heterocycles. The number of nitrogens with zero attached hydrogens (tertiary/aromatic N) is 4. The average molecular weight is 941 g/mol. The monoisotopic (exact) mass is 940 g/mol. The molecule has 3 fully saturated rings. The van der Waals surface area contributed by atoms with Crippen LogP contribution in [0.4, 0.5) is 14.4 Å². The number of para-hydroxylation sites is 1. The molecule has 0 unspecified atom stereocenters. The highest BCUT2D eigenvalue weighted by molar-refractivity contribution is 7.80. The first-order valence-corrected chi connectivity index (χ1v) is 24.6. The molecule has 4 aromatic rings. The van der Waals surface area contributed by atoms with Crippen LogP contribution < -0.4 is 0 Å². The fraction of sp³-hybridized carbons (Fsp3) is 0.547. The number of benzene rings is 3. The van der Waals surface area contributed by atoms with Gasteiger partial charge in [-0.2, -0.15) is 0 Å². The number of hydrogen-bond donors (Lipinski definition) is 0. The van der Waals surface area contributed by atoms with Gasteiger partial charge in [-0.05, 0) is 155 Å². The molecule has 11 nitrogen and oxygen atoms in total. The maximum Gasteiger partial charge on any atom is 0.410 e. The zero-order valence-corrected chi connectivity index (χ0v) is 43.0. The predicted octanol–water partition coefficient (Wildman–Crippen LogP) is 12.5. The number of fused-ring (bicyclic) bond motifs is 1. The number of thiazole rings is 1. The third-order valence-corrected chi connectivity index (χ3v) is 13.1. The number of ketones is 1. The van der Waals surface area contributed by atoms with E-state index in [4.69, 9.17) is 31.4 Å². The normalized spacial score (nSPS) is 18.5. The van der Waals surface area contributed by atoms with Gasteiger partial charge in [0.05, 0.1) is 28.3 Å². The zero-order chi connectivity index (χ0) is 48.6. The summed E-state index contributed by atoms with van der Waals surface area (Å²) in [6.07, 6.45) is 5.70. The van der Waals surface area contributed by atoms with E-state index in [1.54, 1.807) is 21.1 Å². The summed E-state index contributed by atoms with van der Waals surface area (Å²) in [6, 6.07) is 22.1. The molecule has 3 saturated heterocycles. The summed E-state index contributed by atoms with van der Waals surface area (Å²) in [5, 5.41) is 1.02. The van der Waals surface area contributed by atoms with Gasteiger partial charge in [0, 0.05) is 37.3 Å². The molecular formula is C53H72N4O7S2. The number of amides is 3. The number of aryl methyl sites for hydroxylation is 3. The number of hydrogen-bond acceptors (Lipinski definition) is 10. The molecule has 0 spiro atoms. The van der Waals surface area contributed by atoms with E-state index in [0.717, 1.165) is 84.6 Å². The molecule has 0 N–H and O–H groups in total. The van der Waals surface area contributed by atoms with Crippen molar-refractivity contribution in [3.63, 3.8) is 0 Å². The molecule has 3 aliphatic heterocycles. The third kappa shape index (κ3) is 14.8. The molecule has 0 bridgehead atoms. The van der Waals surface area contributed by atoms with Crippen LogP contribution in [0.5, 0.6) is 0 Å². The first-order valence-electron chi connectivity index (χ1n) is 23.4. The van der Waals surface area contributed by atoms with Gasteiger partial charge in [-0.25, -0.2) is 19.4 Å². The Kier molecular flexibility index (Phi) is 17.6. The molecule has 3 aromatic carbocycles. The largest absolute Gasteiger partial charge is 0.444 e. The van der Waals surface area contributed by atoms with Crippen molar-refractivity contribution in [3.8, 4) is 0 Å². The summed E-state index contributed by atoms with van der Waals surface area (Å²) in [5.74, 6) is 0.0951. The molecule has 3 atom stereocenters. The Morgan fingerprint density at radius 3 is 1.55 bits per heavy atom. The highest BCUT2D eigenvalue weighted by Crippen LogP contribution is 2.38. The Morgan fingerprint density at radius 2 is 1.03 bits per heavy atom. The average Bonchev–Trinajstić information content (AvgIpc) is 4.05. The van der Waals surface area contributed by atoms with Gasteiger partial charge >= 0.3 is 18.3 Å². The third-order valence-electron chi connectivity index (χ3n) is 11.6. The molecular weight excluding hydrogens is 869 g/mol. The Balaban J connectivity index is 0.000000186. The first kappa shape index (κ1) is 52.1. The summed E-state index contributed by atoms with van der Waals surface area (Å²) in [7, 11) is 0. The summed E-state index contributed by atoms with van der Waals surface area (Å²) >= 11 is 7.33. The van der Waals surface area contributed by atoms with E-state index in [1.165, 1.54) is 21.4 Å². The van der Waals surface area contributed by atoms with E-state index < -0.39 is 16.8 Å². The molecule has 358 valence electrons.